The van der Waals surface area contributed by atoms with E-state index in [4.69, 9.17) is 10.0 Å². The van der Waals surface area contributed by atoms with Crippen LogP contribution in [0.1, 0.15) is 0 Å². The third-order valence-corrected chi connectivity index (χ3v) is 1.70. The molecule has 52 valence electrons. The van der Waals surface area contributed by atoms with Gasteiger partial charge in [0.05, 0.1) is 0 Å². The van der Waals surface area contributed by atoms with Crippen molar-refractivity contribution in [3.05, 3.63) is 28.7 Å². The number of benzene rings is 1. The average molecular weight is 201 g/mol. The number of rotatable bonds is 1. The van der Waals surface area contributed by atoms with Crippen molar-refractivity contribution < 1.29 is 10.0 Å². The third kappa shape index (κ3) is 1.83. The Morgan fingerprint density at radius 2 is 1.60 bits per heavy atom. The minimum absolute atomic E-state index is 0.503. The van der Waals surface area contributed by atoms with Crippen LogP contribution in [0.15, 0.2) is 28.7 Å². The van der Waals surface area contributed by atoms with Crippen LogP contribution in [0.25, 0.3) is 0 Å². The molecule has 0 saturated carbocycles. The molecule has 0 aliphatic heterocycles. The Bertz CT molecular complexity index is 209. The Morgan fingerprint density at radius 3 is 2.00 bits per heavy atom. The van der Waals surface area contributed by atoms with Crippen molar-refractivity contribution in [2.45, 2.75) is 0 Å². The molecule has 10 heavy (non-hydrogen) atoms. The Balaban J connectivity index is 2.89. The first kappa shape index (κ1) is 7.79. The first-order valence-electron chi connectivity index (χ1n) is 2.82. The maximum atomic E-state index is 8.65. The zero-order valence-electron chi connectivity index (χ0n) is 5.16. The molecule has 0 aliphatic carbocycles. The zero-order chi connectivity index (χ0) is 7.56. The van der Waals surface area contributed by atoms with Gasteiger partial charge in [-0.3, -0.25) is 0 Å². The van der Waals surface area contributed by atoms with Gasteiger partial charge in [0.25, 0.3) is 0 Å². The highest BCUT2D eigenvalue weighted by molar-refractivity contribution is 9.10. The Hall–Kier alpha value is -0.315. The van der Waals surface area contributed by atoms with Crippen molar-refractivity contribution in [3.63, 3.8) is 0 Å². The van der Waals surface area contributed by atoms with Crippen LogP contribution in [0.5, 0.6) is 0 Å². The van der Waals surface area contributed by atoms with E-state index in [-0.39, 0.29) is 0 Å². The molecule has 1 aromatic carbocycles. The van der Waals surface area contributed by atoms with Gasteiger partial charge < -0.3 is 10.0 Å². The van der Waals surface area contributed by atoms with Gasteiger partial charge in [0.2, 0.25) is 0 Å². The van der Waals surface area contributed by atoms with Crippen LogP contribution in [0.2, 0.25) is 0 Å². The van der Waals surface area contributed by atoms with E-state index in [1.165, 1.54) is 0 Å². The van der Waals surface area contributed by atoms with Gasteiger partial charge in [-0.15, -0.1) is 0 Å². The fraction of sp³-hybridized carbons (Fsp3) is 0. The van der Waals surface area contributed by atoms with Gasteiger partial charge in [0.1, 0.15) is 0 Å². The van der Waals surface area contributed by atoms with E-state index in [1.54, 1.807) is 24.3 Å². The minimum Gasteiger partial charge on any atom is -0.423 e. The largest absolute Gasteiger partial charge is 0.488 e. The molecule has 0 bridgehead atoms. The van der Waals surface area contributed by atoms with Gasteiger partial charge >= 0.3 is 7.12 Å². The first-order chi connectivity index (χ1) is 4.70. The summed E-state index contributed by atoms with van der Waals surface area (Å²) in [6, 6.07) is 6.81. The molecular formula is C6H6BBrO2. The average Bonchev–Trinajstić information content (AvgIpc) is 1.88. The smallest absolute Gasteiger partial charge is 0.423 e. The topological polar surface area (TPSA) is 40.5 Å². The van der Waals surface area contributed by atoms with Crippen LogP contribution in [0.3, 0.4) is 0 Å². The van der Waals surface area contributed by atoms with Crippen LogP contribution in [-0.4, -0.2) is 17.2 Å². The van der Waals surface area contributed by atoms with Crippen molar-refractivity contribution in [2.75, 3.05) is 0 Å². The second kappa shape index (κ2) is 3.19. The summed E-state index contributed by atoms with van der Waals surface area (Å²) in [4.78, 5) is 0. The maximum Gasteiger partial charge on any atom is 0.488 e. The van der Waals surface area contributed by atoms with Gasteiger partial charge in [0, 0.05) is 4.47 Å². The molecule has 4 heteroatoms. The summed E-state index contributed by atoms with van der Waals surface area (Å²) in [5.74, 6) is 0. The van der Waals surface area contributed by atoms with Gasteiger partial charge in [-0.05, 0) is 17.6 Å². The van der Waals surface area contributed by atoms with E-state index in [0.717, 1.165) is 4.47 Å². The quantitative estimate of drug-likeness (QED) is 0.633. The molecule has 0 spiro atoms. The van der Waals surface area contributed by atoms with E-state index >= 15 is 0 Å². The molecule has 2 nitrogen and oxygen atoms in total. The minimum atomic E-state index is -1.37. The molecule has 1 aromatic rings. The fourth-order valence-corrected chi connectivity index (χ4v) is 0.899. The van der Waals surface area contributed by atoms with E-state index < -0.39 is 7.12 Å². The van der Waals surface area contributed by atoms with Gasteiger partial charge in [0.15, 0.2) is 0 Å². The molecule has 0 heterocycles. The lowest BCUT2D eigenvalue weighted by Gasteiger charge is -1.96. The molecule has 0 fully saturated rings. The lowest BCUT2D eigenvalue weighted by atomic mass is 9.80. The Kier molecular flexibility index (Phi) is 2.48. The standard InChI is InChI=1S/C6H6BBrO2/c8-6-3-1-5(2-4-6)7(9)10/h1-4,9-10H/i5+0. The van der Waals surface area contributed by atoms with E-state index in [0.29, 0.717) is 5.46 Å². The van der Waals surface area contributed by atoms with Crippen LogP contribution >= 0.6 is 15.9 Å². The SMILES string of the molecule is OB(O)[12c]1ccc(Br)cc1. The van der Waals surface area contributed by atoms with Crippen LogP contribution in [0.4, 0.5) is 0 Å². The molecule has 0 aromatic heterocycles. The van der Waals surface area contributed by atoms with E-state index in [2.05, 4.69) is 15.9 Å². The van der Waals surface area contributed by atoms with Gasteiger partial charge in [-0.2, -0.15) is 0 Å². The first-order valence-corrected chi connectivity index (χ1v) is 3.61. The Morgan fingerprint density at radius 1 is 1.10 bits per heavy atom. The molecule has 0 amide bonds. The molecule has 2 N–H and O–H groups in total. The van der Waals surface area contributed by atoms with Crippen molar-refractivity contribution in [1.29, 1.82) is 0 Å². The Labute approximate surface area is 67.8 Å². The summed E-state index contributed by atoms with van der Waals surface area (Å²) in [7, 11) is -1.37. The fourth-order valence-electron chi connectivity index (χ4n) is 0.635. The third-order valence-electron chi connectivity index (χ3n) is 1.17. The van der Waals surface area contributed by atoms with Crippen LogP contribution < -0.4 is 5.46 Å². The lowest BCUT2D eigenvalue weighted by molar-refractivity contribution is 0.426. The van der Waals surface area contributed by atoms with Gasteiger partial charge in [-0.1, -0.05) is 28.1 Å². The molecule has 0 atom stereocenters. The summed E-state index contributed by atoms with van der Waals surface area (Å²) in [5, 5.41) is 17.3. The van der Waals surface area contributed by atoms with Crippen LogP contribution in [-0.2, 0) is 0 Å². The lowest BCUT2D eigenvalue weighted by Crippen LogP contribution is -2.29. The summed E-state index contributed by atoms with van der Waals surface area (Å²) < 4.78 is 0.928. The monoisotopic (exact) mass is 200 g/mol. The summed E-state index contributed by atoms with van der Waals surface area (Å²) in [6.45, 7) is 0. The summed E-state index contributed by atoms with van der Waals surface area (Å²) >= 11 is 3.23. The van der Waals surface area contributed by atoms with Crippen molar-refractivity contribution in [3.8, 4) is 0 Å². The normalized spacial score (nSPS) is 9.50. The summed E-state index contributed by atoms with van der Waals surface area (Å²) in [6.07, 6.45) is 0. The zero-order valence-corrected chi connectivity index (χ0v) is 6.75. The molecule has 0 unspecified atom stereocenters. The number of hydrogen-bond acceptors (Lipinski definition) is 2. The molecule has 0 saturated heterocycles. The number of hydrogen-bond donors (Lipinski definition) is 2. The second-order valence-electron chi connectivity index (χ2n) is 1.93. The highest BCUT2D eigenvalue weighted by atomic mass is 79.9. The van der Waals surface area contributed by atoms with E-state index in [1.807, 2.05) is 0 Å². The number of halogens is 1. The predicted molar refractivity (Wildman–Crippen MR) is 44.0 cm³/mol. The van der Waals surface area contributed by atoms with E-state index in [9.17, 15) is 0 Å². The highest BCUT2D eigenvalue weighted by Gasteiger charge is 2.08. The molecule has 1 rings (SSSR count). The van der Waals surface area contributed by atoms with Gasteiger partial charge in [-0.25, -0.2) is 0 Å². The van der Waals surface area contributed by atoms with Crippen molar-refractivity contribution in [2.24, 2.45) is 0 Å². The predicted octanol–water partition coefficient (Wildman–Crippen LogP) is 0.129. The highest BCUT2D eigenvalue weighted by Crippen LogP contribution is 2.04. The maximum absolute atomic E-state index is 8.65. The van der Waals surface area contributed by atoms with Crippen molar-refractivity contribution >= 4 is 28.5 Å². The molecule has 0 aliphatic rings. The van der Waals surface area contributed by atoms with Crippen LogP contribution in [0, 0.1) is 0 Å². The van der Waals surface area contributed by atoms with Crippen molar-refractivity contribution in [1.82, 2.24) is 0 Å². The molecular weight excluding hydrogens is 195 g/mol. The second-order valence-corrected chi connectivity index (χ2v) is 2.84. The molecule has 0 radical (unpaired) electrons. The summed E-state index contributed by atoms with van der Waals surface area (Å²) in [5.41, 5.74) is 0.503.